The third kappa shape index (κ3) is 3.80. The Morgan fingerprint density at radius 3 is 2.78 bits per heavy atom. The molecule has 0 saturated carbocycles. The van der Waals surface area contributed by atoms with E-state index in [1.54, 1.807) is 18.2 Å². The molecular weight excluding hydrogens is 252 g/mol. The van der Waals surface area contributed by atoms with E-state index >= 15 is 0 Å². The Balaban J connectivity index is 1.76. The number of halogens is 1. The molecule has 0 aliphatic carbocycles. The minimum atomic E-state index is -0.0624. The minimum Gasteiger partial charge on any atom is -0.381 e. The summed E-state index contributed by atoms with van der Waals surface area (Å²) in [6, 6.07) is 7.05. The number of Topliss-reactive ketones (excluding diaryl/α,β-unsaturated/α-hetero) is 1. The van der Waals surface area contributed by atoms with E-state index in [4.69, 9.17) is 21.1 Å². The van der Waals surface area contributed by atoms with E-state index in [2.05, 4.69) is 0 Å². The van der Waals surface area contributed by atoms with Gasteiger partial charge in [-0.15, -0.1) is 0 Å². The monoisotopic (exact) mass is 268 g/mol. The van der Waals surface area contributed by atoms with Crippen molar-refractivity contribution in [1.82, 2.24) is 0 Å². The number of benzene rings is 1. The third-order valence-corrected chi connectivity index (χ3v) is 3.43. The Morgan fingerprint density at radius 2 is 2.06 bits per heavy atom. The van der Waals surface area contributed by atoms with E-state index in [1.807, 2.05) is 6.07 Å². The first kappa shape index (κ1) is 13.5. The fraction of sp³-hybridized carbons (Fsp3) is 0.500. The van der Waals surface area contributed by atoms with E-state index < -0.39 is 0 Å². The molecule has 0 amide bonds. The molecule has 0 bridgehead atoms. The van der Waals surface area contributed by atoms with Gasteiger partial charge in [0.2, 0.25) is 0 Å². The number of carbonyl (C=O) groups excluding carboxylic acids is 1. The van der Waals surface area contributed by atoms with Crippen LogP contribution in [0.5, 0.6) is 0 Å². The summed E-state index contributed by atoms with van der Waals surface area (Å²) in [6.45, 7) is 2.32. The van der Waals surface area contributed by atoms with Gasteiger partial charge in [0.05, 0.1) is 11.6 Å². The smallest absolute Gasteiger partial charge is 0.189 e. The van der Waals surface area contributed by atoms with Crippen molar-refractivity contribution < 1.29 is 14.3 Å². The largest absolute Gasteiger partial charge is 0.381 e. The van der Waals surface area contributed by atoms with Gasteiger partial charge in [0.25, 0.3) is 0 Å². The summed E-state index contributed by atoms with van der Waals surface area (Å²) in [4.78, 5) is 11.9. The molecule has 18 heavy (non-hydrogen) atoms. The molecule has 0 atom stereocenters. The second-order valence-corrected chi connectivity index (χ2v) is 4.88. The molecule has 0 N–H and O–H groups in total. The average molecular weight is 269 g/mol. The lowest BCUT2D eigenvalue weighted by atomic mass is 10.0. The second kappa shape index (κ2) is 6.88. The zero-order valence-corrected chi connectivity index (χ0v) is 11.0. The Bertz CT molecular complexity index is 400. The predicted molar refractivity (Wildman–Crippen MR) is 70.1 cm³/mol. The van der Waals surface area contributed by atoms with Gasteiger partial charge in [-0.3, -0.25) is 4.79 Å². The molecule has 0 aromatic heterocycles. The SMILES string of the molecule is O=C(COCC1CCOCC1)c1ccccc1Cl. The molecule has 2 rings (SSSR count). The first-order valence-corrected chi connectivity index (χ1v) is 6.58. The molecule has 1 aliphatic rings. The number of rotatable bonds is 5. The molecule has 1 aliphatic heterocycles. The van der Waals surface area contributed by atoms with Crippen LogP contribution in [0.1, 0.15) is 23.2 Å². The van der Waals surface area contributed by atoms with E-state index in [1.165, 1.54) is 0 Å². The maximum atomic E-state index is 11.9. The summed E-state index contributed by atoms with van der Waals surface area (Å²) >= 11 is 5.95. The first-order chi connectivity index (χ1) is 8.77. The highest BCUT2D eigenvalue weighted by molar-refractivity contribution is 6.34. The molecular formula is C14H17ClO3. The predicted octanol–water partition coefficient (Wildman–Crippen LogP) is 2.97. The molecule has 3 nitrogen and oxygen atoms in total. The zero-order valence-electron chi connectivity index (χ0n) is 10.2. The lowest BCUT2D eigenvalue weighted by molar-refractivity contribution is 0.0216. The van der Waals surface area contributed by atoms with Crippen molar-refractivity contribution >= 4 is 17.4 Å². The van der Waals surface area contributed by atoms with Crippen LogP contribution >= 0.6 is 11.6 Å². The lowest BCUT2D eigenvalue weighted by Crippen LogP contribution is -2.22. The maximum absolute atomic E-state index is 11.9. The molecule has 98 valence electrons. The molecule has 1 aromatic rings. The summed E-state index contributed by atoms with van der Waals surface area (Å²) in [5.74, 6) is 0.449. The van der Waals surface area contributed by atoms with E-state index in [0.717, 1.165) is 26.1 Å². The lowest BCUT2D eigenvalue weighted by Gasteiger charge is -2.21. The number of ketones is 1. The zero-order chi connectivity index (χ0) is 12.8. The van der Waals surface area contributed by atoms with Crippen molar-refractivity contribution in [2.75, 3.05) is 26.4 Å². The third-order valence-electron chi connectivity index (χ3n) is 3.10. The van der Waals surface area contributed by atoms with Crippen LogP contribution in [0.3, 0.4) is 0 Å². The van der Waals surface area contributed by atoms with E-state index in [-0.39, 0.29) is 12.4 Å². The van der Waals surface area contributed by atoms with Crippen molar-refractivity contribution in [2.45, 2.75) is 12.8 Å². The van der Waals surface area contributed by atoms with Crippen LogP contribution in [-0.2, 0) is 9.47 Å². The normalized spacial score (nSPS) is 16.7. The highest BCUT2D eigenvalue weighted by Crippen LogP contribution is 2.17. The summed E-state index contributed by atoms with van der Waals surface area (Å²) < 4.78 is 10.8. The maximum Gasteiger partial charge on any atom is 0.189 e. The van der Waals surface area contributed by atoms with Gasteiger partial charge in [-0.1, -0.05) is 23.7 Å². The van der Waals surface area contributed by atoms with Crippen LogP contribution in [0, 0.1) is 5.92 Å². The summed E-state index contributed by atoms with van der Waals surface area (Å²) in [6.07, 6.45) is 2.03. The topological polar surface area (TPSA) is 35.5 Å². The highest BCUT2D eigenvalue weighted by atomic mass is 35.5. The van der Waals surface area contributed by atoms with Gasteiger partial charge in [-0.05, 0) is 30.9 Å². The van der Waals surface area contributed by atoms with Crippen molar-refractivity contribution in [3.63, 3.8) is 0 Å². The standard InChI is InChI=1S/C14H17ClO3/c15-13-4-2-1-3-12(13)14(16)10-18-9-11-5-7-17-8-6-11/h1-4,11H,5-10H2. The molecule has 1 saturated heterocycles. The molecule has 4 heteroatoms. The Morgan fingerprint density at radius 1 is 1.33 bits per heavy atom. The van der Waals surface area contributed by atoms with Gasteiger partial charge in [-0.25, -0.2) is 0 Å². The van der Waals surface area contributed by atoms with Crippen LogP contribution in [0.25, 0.3) is 0 Å². The molecule has 0 spiro atoms. The fourth-order valence-corrected chi connectivity index (χ4v) is 2.24. The summed E-state index contributed by atoms with van der Waals surface area (Å²) in [5.41, 5.74) is 0.533. The minimum absolute atomic E-state index is 0.0624. The number of carbonyl (C=O) groups is 1. The molecule has 0 unspecified atom stereocenters. The van der Waals surface area contributed by atoms with Gasteiger partial charge in [0, 0.05) is 18.8 Å². The van der Waals surface area contributed by atoms with Gasteiger partial charge in [0.15, 0.2) is 5.78 Å². The van der Waals surface area contributed by atoms with Crippen LogP contribution < -0.4 is 0 Å². The Hall–Kier alpha value is -0.900. The first-order valence-electron chi connectivity index (χ1n) is 6.20. The number of ether oxygens (including phenoxy) is 2. The van der Waals surface area contributed by atoms with E-state index in [9.17, 15) is 4.79 Å². The van der Waals surface area contributed by atoms with Crippen LogP contribution in [0.2, 0.25) is 5.02 Å². The van der Waals surface area contributed by atoms with Crippen LogP contribution in [0.15, 0.2) is 24.3 Å². The number of hydrogen-bond donors (Lipinski definition) is 0. The Labute approximate surface area is 112 Å². The molecule has 1 aromatic carbocycles. The molecule has 0 radical (unpaired) electrons. The summed E-state index contributed by atoms with van der Waals surface area (Å²) in [5, 5.41) is 0.483. The highest BCUT2D eigenvalue weighted by Gasteiger charge is 2.15. The van der Waals surface area contributed by atoms with Crippen molar-refractivity contribution in [1.29, 1.82) is 0 Å². The molecule has 1 fully saturated rings. The molecule has 1 heterocycles. The van der Waals surface area contributed by atoms with Gasteiger partial charge in [0.1, 0.15) is 6.61 Å². The number of hydrogen-bond acceptors (Lipinski definition) is 3. The van der Waals surface area contributed by atoms with E-state index in [0.29, 0.717) is 23.1 Å². The van der Waals surface area contributed by atoms with Crippen molar-refractivity contribution in [3.05, 3.63) is 34.9 Å². The average Bonchev–Trinajstić information content (AvgIpc) is 2.40. The second-order valence-electron chi connectivity index (χ2n) is 4.47. The fourth-order valence-electron chi connectivity index (χ4n) is 2.00. The van der Waals surface area contributed by atoms with Crippen molar-refractivity contribution in [2.24, 2.45) is 5.92 Å². The quantitative estimate of drug-likeness (QED) is 0.770. The van der Waals surface area contributed by atoms with Gasteiger partial charge in [-0.2, -0.15) is 0 Å². The summed E-state index contributed by atoms with van der Waals surface area (Å²) in [7, 11) is 0. The van der Waals surface area contributed by atoms with Crippen LogP contribution in [-0.4, -0.2) is 32.2 Å². The Kier molecular flexibility index (Phi) is 5.17. The van der Waals surface area contributed by atoms with Gasteiger partial charge < -0.3 is 9.47 Å². The van der Waals surface area contributed by atoms with Crippen LogP contribution in [0.4, 0.5) is 0 Å². The van der Waals surface area contributed by atoms with Crippen molar-refractivity contribution in [3.8, 4) is 0 Å². The van der Waals surface area contributed by atoms with Gasteiger partial charge >= 0.3 is 0 Å².